The molecule has 2 N–H and O–H groups in total. The van der Waals surface area contributed by atoms with Crippen molar-refractivity contribution in [2.75, 3.05) is 0 Å². The predicted molar refractivity (Wildman–Crippen MR) is 84.5 cm³/mol. The van der Waals surface area contributed by atoms with Gasteiger partial charge in [-0.1, -0.05) is 12.1 Å². The fourth-order valence-corrected chi connectivity index (χ4v) is 2.49. The highest BCUT2D eigenvalue weighted by Gasteiger charge is 2.04. The van der Waals surface area contributed by atoms with Gasteiger partial charge in [0, 0.05) is 15.8 Å². The van der Waals surface area contributed by atoms with Gasteiger partial charge in [-0.2, -0.15) is 0 Å². The topological polar surface area (TPSA) is 58.2 Å². The first-order chi connectivity index (χ1) is 10.5. The Morgan fingerprint density at radius 1 is 1.14 bits per heavy atom. The number of thiophene rings is 1. The van der Waals surface area contributed by atoms with Crippen LogP contribution in [0.25, 0.3) is 6.08 Å². The molecule has 0 aliphatic heterocycles. The molecule has 0 spiro atoms. The van der Waals surface area contributed by atoms with Gasteiger partial charge in [0.1, 0.15) is 5.82 Å². The second-order valence-corrected chi connectivity index (χ2v) is 5.94. The zero-order valence-electron chi connectivity index (χ0n) is 11.9. The molecule has 0 bridgehead atoms. The van der Waals surface area contributed by atoms with Gasteiger partial charge in [-0.3, -0.25) is 20.4 Å². The van der Waals surface area contributed by atoms with Gasteiger partial charge in [0.15, 0.2) is 0 Å². The van der Waals surface area contributed by atoms with Crippen molar-refractivity contribution in [3.05, 3.63) is 63.6 Å². The summed E-state index contributed by atoms with van der Waals surface area (Å²) < 4.78 is 12.7. The lowest BCUT2D eigenvalue weighted by Crippen LogP contribution is -2.41. The Balaban J connectivity index is 1.77. The summed E-state index contributed by atoms with van der Waals surface area (Å²) in [6, 6.07) is 9.50. The summed E-state index contributed by atoms with van der Waals surface area (Å²) in [6.07, 6.45) is 3.09. The molecule has 0 fully saturated rings. The molecule has 1 aromatic heterocycles. The Kier molecular flexibility index (Phi) is 5.43. The number of amides is 2. The van der Waals surface area contributed by atoms with Crippen molar-refractivity contribution in [2.24, 2.45) is 0 Å². The van der Waals surface area contributed by atoms with Gasteiger partial charge < -0.3 is 0 Å². The molecule has 6 heteroatoms. The van der Waals surface area contributed by atoms with Gasteiger partial charge in [0.25, 0.3) is 5.91 Å². The minimum Gasteiger partial charge on any atom is -0.273 e. The Labute approximate surface area is 131 Å². The van der Waals surface area contributed by atoms with Gasteiger partial charge in [-0.15, -0.1) is 11.3 Å². The molecule has 1 heterocycles. The molecule has 0 aliphatic rings. The van der Waals surface area contributed by atoms with E-state index in [4.69, 9.17) is 0 Å². The van der Waals surface area contributed by atoms with E-state index in [1.54, 1.807) is 17.4 Å². The lowest BCUT2D eigenvalue weighted by atomic mass is 10.1. The average molecular weight is 318 g/mol. The van der Waals surface area contributed by atoms with Crippen LogP contribution in [0.15, 0.2) is 42.5 Å². The van der Waals surface area contributed by atoms with Crippen LogP contribution in [0, 0.1) is 12.7 Å². The summed E-state index contributed by atoms with van der Waals surface area (Å²) in [4.78, 5) is 25.3. The quantitative estimate of drug-likeness (QED) is 0.672. The minimum absolute atomic E-state index is 0.0639. The highest BCUT2D eigenvalue weighted by atomic mass is 32.1. The first-order valence-electron chi connectivity index (χ1n) is 6.61. The summed E-state index contributed by atoms with van der Waals surface area (Å²) in [5.74, 6) is -1.15. The van der Waals surface area contributed by atoms with Crippen molar-refractivity contribution in [2.45, 2.75) is 13.3 Å². The highest BCUT2D eigenvalue weighted by molar-refractivity contribution is 7.12. The molecule has 2 rings (SSSR count). The minimum atomic E-state index is -0.418. The van der Waals surface area contributed by atoms with Crippen molar-refractivity contribution in [3.8, 4) is 0 Å². The second kappa shape index (κ2) is 7.51. The van der Waals surface area contributed by atoms with Crippen LogP contribution in [0.5, 0.6) is 0 Å². The molecule has 4 nitrogen and oxygen atoms in total. The highest BCUT2D eigenvalue weighted by Crippen LogP contribution is 2.16. The van der Waals surface area contributed by atoms with E-state index in [0.29, 0.717) is 5.56 Å². The summed E-state index contributed by atoms with van der Waals surface area (Å²) in [5, 5.41) is 0. The second-order valence-electron chi connectivity index (χ2n) is 4.62. The van der Waals surface area contributed by atoms with Crippen LogP contribution in [0.3, 0.4) is 0 Å². The lowest BCUT2D eigenvalue weighted by molar-refractivity contribution is -0.126. The van der Waals surface area contributed by atoms with Gasteiger partial charge in [-0.25, -0.2) is 4.39 Å². The first-order valence-corrected chi connectivity index (χ1v) is 7.42. The van der Waals surface area contributed by atoms with E-state index < -0.39 is 5.91 Å². The van der Waals surface area contributed by atoms with Crippen LogP contribution in [-0.2, 0) is 16.0 Å². The van der Waals surface area contributed by atoms with E-state index >= 15 is 0 Å². The molecule has 0 aliphatic carbocycles. The third-order valence-corrected chi connectivity index (χ3v) is 3.73. The number of hydrogen-bond donors (Lipinski definition) is 2. The number of halogens is 1. The lowest BCUT2D eigenvalue weighted by Gasteiger charge is -2.05. The smallest absolute Gasteiger partial charge is 0.262 e. The molecule has 2 amide bonds. The number of carbonyl (C=O) groups excluding carboxylic acids is 2. The van der Waals surface area contributed by atoms with Crippen LogP contribution in [0.1, 0.15) is 15.3 Å². The predicted octanol–water partition coefficient (Wildman–Crippen LogP) is 2.60. The third kappa shape index (κ3) is 5.14. The fourth-order valence-electron chi connectivity index (χ4n) is 1.71. The van der Waals surface area contributed by atoms with E-state index in [1.165, 1.54) is 30.3 Å². The molecule has 114 valence electrons. The Morgan fingerprint density at radius 2 is 1.86 bits per heavy atom. The van der Waals surface area contributed by atoms with Crippen molar-refractivity contribution in [1.29, 1.82) is 0 Å². The molecule has 2 aromatic rings. The van der Waals surface area contributed by atoms with Gasteiger partial charge in [0.05, 0.1) is 6.42 Å². The van der Waals surface area contributed by atoms with Crippen LogP contribution >= 0.6 is 11.3 Å². The number of hydrogen-bond acceptors (Lipinski definition) is 3. The molecule has 0 saturated heterocycles. The van der Waals surface area contributed by atoms with Crippen LogP contribution in [0.2, 0.25) is 0 Å². The zero-order chi connectivity index (χ0) is 15.9. The number of hydrazine groups is 1. The number of nitrogens with one attached hydrogen (secondary N) is 2. The molecular weight excluding hydrogens is 303 g/mol. The normalized spacial score (nSPS) is 10.6. The number of benzene rings is 1. The summed E-state index contributed by atoms with van der Waals surface area (Å²) in [6.45, 7) is 1.98. The number of aryl methyl sites for hydroxylation is 1. The van der Waals surface area contributed by atoms with E-state index in [-0.39, 0.29) is 18.1 Å². The summed E-state index contributed by atoms with van der Waals surface area (Å²) in [5.41, 5.74) is 5.27. The van der Waals surface area contributed by atoms with Crippen molar-refractivity contribution in [3.63, 3.8) is 0 Å². The maximum Gasteiger partial charge on any atom is 0.262 e. The molecule has 22 heavy (non-hydrogen) atoms. The monoisotopic (exact) mass is 318 g/mol. The van der Waals surface area contributed by atoms with E-state index in [1.807, 2.05) is 19.1 Å². The van der Waals surface area contributed by atoms with Crippen LogP contribution < -0.4 is 10.9 Å². The summed E-state index contributed by atoms with van der Waals surface area (Å²) >= 11 is 1.57. The Bertz CT molecular complexity index is 692. The van der Waals surface area contributed by atoms with Gasteiger partial charge >= 0.3 is 0 Å². The average Bonchev–Trinajstić information content (AvgIpc) is 2.91. The van der Waals surface area contributed by atoms with Crippen molar-refractivity contribution >= 4 is 29.2 Å². The Hall–Kier alpha value is -2.47. The molecule has 0 atom stereocenters. The SMILES string of the molecule is Cc1ccc(/C=C/C(=O)NNC(=O)Cc2ccc(F)cc2)s1. The first kappa shape index (κ1) is 15.9. The standard InChI is InChI=1S/C16H15FN2O2S/c1-11-2-7-14(22-11)8-9-15(20)18-19-16(21)10-12-3-5-13(17)6-4-12/h2-9H,10H2,1H3,(H,18,20)(H,19,21)/b9-8+. The van der Waals surface area contributed by atoms with Crippen LogP contribution in [-0.4, -0.2) is 11.8 Å². The van der Waals surface area contributed by atoms with Crippen molar-refractivity contribution < 1.29 is 14.0 Å². The molecular formula is C16H15FN2O2S. The van der Waals surface area contributed by atoms with Crippen molar-refractivity contribution in [1.82, 2.24) is 10.9 Å². The van der Waals surface area contributed by atoms with E-state index in [9.17, 15) is 14.0 Å². The largest absolute Gasteiger partial charge is 0.273 e. The zero-order valence-corrected chi connectivity index (χ0v) is 12.7. The van der Waals surface area contributed by atoms with Gasteiger partial charge in [0.2, 0.25) is 5.91 Å². The van der Waals surface area contributed by atoms with E-state index in [0.717, 1.165) is 9.75 Å². The maximum atomic E-state index is 12.7. The third-order valence-electron chi connectivity index (χ3n) is 2.76. The number of rotatable bonds is 4. The fraction of sp³-hybridized carbons (Fsp3) is 0.125. The Morgan fingerprint density at radius 3 is 2.50 bits per heavy atom. The molecule has 0 unspecified atom stereocenters. The molecule has 1 aromatic carbocycles. The summed E-state index contributed by atoms with van der Waals surface area (Å²) in [7, 11) is 0. The van der Waals surface area contributed by atoms with Gasteiger partial charge in [-0.05, 0) is 42.8 Å². The maximum absolute atomic E-state index is 12.7. The molecule has 0 radical (unpaired) electrons. The van der Waals surface area contributed by atoms with E-state index in [2.05, 4.69) is 10.9 Å². The number of carbonyl (C=O) groups is 2. The van der Waals surface area contributed by atoms with Crippen LogP contribution in [0.4, 0.5) is 4.39 Å². The molecule has 0 saturated carbocycles.